The van der Waals surface area contributed by atoms with Gasteiger partial charge in [-0.3, -0.25) is 0 Å². The summed E-state index contributed by atoms with van der Waals surface area (Å²) in [5.41, 5.74) is 1.82. The Labute approximate surface area is 116 Å². The second kappa shape index (κ2) is 4.81. The minimum Gasteiger partial charge on any atom is -0.507 e. The smallest absolute Gasteiger partial charge is 0.161 e. The zero-order valence-corrected chi connectivity index (χ0v) is 11.1. The molecule has 2 aromatic carbocycles. The molecule has 4 nitrogen and oxygen atoms in total. The van der Waals surface area contributed by atoms with E-state index in [-0.39, 0.29) is 18.1 Å². The fraction of sp³-hybridized carbons (Fsp3) is 0.125. The molecule has 0 saturated heterocycles. The van der Waals surface area contributed by atoms with Gasteiger partial charge in [0.15, 0.2) is 11.5 Å². The second-order valence-electron chi connectivity index (χ2n) is 4.69. The van der Waals surface area contributed by atoms with Crippen molar-refractivity contribution < 1.29 is 14.9 Å². The van der Waals surface area contributed by atoms with Crippen LogP contribution in [0.4, 0.5) is 0 Å². The Bertz CT molecular complexity index is 762. The molecule has 0 fully saturated rings. The highest BCUT2D eigenvalue weighted by molar-refractivity contribution is 5.89. The number of ether oxygens (including phenoxy) is 1. The predicted octanol–water partition coefficient (Wildman–Crippen LogP) is 3.17. The summed E-state index contributed by atoms with van der Waals surface area (Å²) < 4.78 is 7.57. The molecule has 0 spiro atoms. The van der Waals surface area contributed by atoms with Gasteiger partial charge in [-0.05, 0) is 24.3 Å². The van der Waals surface area contributed by atoms with E-state index in [1.807, 2.05) is 29.9 Å². The van der Waals surface area contributed by atoms with Gasteiger partial charge in [0.1, 0.15) is 12.4 Å². The Morgan fingerprint density at radius 1 is 1.00 bits per heavy atom. The number of aromatic nitrogens is 1. The highest BCUT2D eigenvalue weighted by Gasteiger charge is 2.11. The van der Waals surface area contributed by atoms with Crippen LogP contribution in [0, 0.1) is 0 Å². The van der Waals surface area contributed by atoms with Crippen molar-refractivity contribution in [3.8, 4) is 17.2 Å². The van der Waals surface area contributed by atoms with E-state index >= 15 is 0 Å². The average molecular weight is 269 g/mol. The van der Waals surface area contributed by atoms with Gasteiger partial charge in [0.05, 0.1) is 5.52 Å². The average Bonchev–Trinajstić information content (AvgIpc) is 2.76. The van der Waals surface area contributed by atoms with E-state index in [1.165, 1.54) is 0 Å². The van der Waals surface area contributed by atoms with Gasteiger partial charge in [-0.1, -0.05) is 18.2 Å². The molecule has 0 radical (unpaired) electrons. The molecule has 0 atom stereocenters. The maximum Gasteiger partial charge on any atom is 0.161 e. The summed E-state index contributed by atoms with van der Waals surface area (Å²) in [5.74, 6) is 0.774. The van der Waals surface area contributed by atoms with Crippen molar-refractivity contribution in [2.75, 3.05) is 0 Å². The summed E-state index contributed by atoms with van der Waals surface area (Å²) in [5, 5.41) is 20.5. The molecule has 0 bridgehead atoms. The zero-order valence-electron chi connectivity index (χ0n) is 11.1. The molecule has 20 heavy (non-hydrogen) atoms. The first kappa shape index (κ1) is 12.4. The van der Waals surface area contributed by atoms with Crippen LogP contribution in [-0.4, -0.2) is 14.8 Å². The maximum absolute atomic E-state index is 10.00. The number of phenolic OH excluding ortho intramolecular Hbond substituents is 2. The Balaban J connectivity index is 1.94. The van der Waals surface area contributed by atoms with Crippen LogP contribution in [0.5, 0.6) is 17.2 Å². The number of hydrogen-bond acceptors (Lipinski definition) is 3. The third kappa shape index (κ3) is 2.05. The van der Waals surface area contributed by atoms with E-state index in [0.29, 0.717) is 5.75 Å². The van der Waals surface area contributed by atoms with Crippen LogP contribution in [0.2, 0.25) is 0 Å². The first-order valence-corrected chi connectivity index (χ1v) is 6.33. The van der Waals surface area contributed by atoms with Crippen LogP contribution >= 0.6 is 0 Å². The summed E-state index contributed by atoms with van der Waals surface area (Å²) in [7, 11) is 1.92. The van der Waals surface area contributed by atoms with E-state index < -0.39 is 0 Å². The molecule has 3 aromatic rings. The quantitative estimate of drug-likeness (QED) is 0.768. The van der Waals surface area contributed by atoms with Crippen molar-refractivity contribution >= 4 is 10.9 Å². The highest BCUT2D eigenvalue weighted by atomic mass is 16.5. The van der Waals surface area contributed by atoms with Crippen LogP contribution in [0.25, 0.3) is 10.9 Å². The molecule has 0 saturated carbocycles. The Morgan fingerprint density at radius 3 is 2.55 bits per heavy atom. The van der Waals surface area contributed by atoms with Gasteiger partial charge in [-0.25, -0.2) is 0 Å². The number of fused-ring (bicyclic) bond motifs is 1. The molecule has 102 valence electrons. The molecule has 3 rings (SSSR count). The number of aromatic hydroxyl groups is 2. The summed E-state index contributed by atoms with van der Waals surface area (Å²) in [4.78, 5) is 0. The number of nitrogens with zero attached hydrogens (tertiary/aromatic N) is 1. The van der Waals surface area contributed by atoms with Gasteiger partial charge in [0, 0.05) is 24.2 Å². The molecule has 0 aliphatic carbocycles. The largest absolute Gasteiger partial charge is 0.507 e. The highest BCUT2D eigenvalue weighted by Crippen LogP contribution is 2.31. The second-order valence-corrected chi connectivity index (χ2v) is 4.69. The lowest BCUT2D eigenvalue weighted by molar-refractivity contribution is 0.290. The van der Waals surface area contributed by atoms with Gasteiger partial charge in [0.25, 0.3) is 0 Å². The van der Waals surface area contributed by atoms with Crippen LogP contribution in [0.3, 0.4) is 0 Å². The zero-order chi connectivity index (χ0) is 14.1. The monoisotopic (exact) mass is 269 g/mol. The topological polar surface area (TPSA) is 54.6 Å². The Kier molecular flexibility index (Phi) is 2.99. The molecular formula is C16H15NO3. The van der Waals surface area contributed by atoms with E-state index in [1.54, 1.807) is 30.3 Å². The molecule has 4 heteroatoms. The Hall–Kier alpha value is -2.62. The summed E-state index contributed by atoms with van der Waals surface area (Å²) >= 11 is 0. The van der Waals surface area contributed by atoms with Crippen molar-refractivity contribution in [3.63, 3.8) is 0 Å². The van der Waals surface area contributed by atoms with E-state index in [9.17, 15) is 10.2 Å². The lowest BCUT2D eigenvalue weighted by Crippen LogP contribution is -1.95. The van der Waals surface area contributed by atoms with Gasteiger partial charge < -0.3 is 19.5 Å². The fourth-order valence-corrected chi connectivity index (χ4v) is 2.36. The SMILES string of the molecule is Cn1cc(COc2ccccc2O)c2c(O)cccc21. The Morgan fingerprint density at radius 2 is 1.75 bits per heavy atom. The fourth-order valence-electron chi connectivity index (χ4n) is 2.36. The molecule has 2 N–H and O–H groups in total. The van der Waals surface area contributed by atoms with Crippen molar-refractivity contribution in [2.45, 2.75) is 6.61 Å². The van der Waals surface area contributed by atoms with Crippen molar-refractivity contribution in [3.05, 3.63) is 54.2 Å². The standard InChI is InChI=1S/C16H15NO3/c1-17-9-11(16-12(17)5-4-7-14(16)19)10-20-15-8-3-2-6-13(15)18/h2-9,18-19H,10H2,1H3. The normalized spacial score (nSPS) is 10.8. The lowest BCUT2D eigenvalue weighted by Gasteiger charge is -2.07. The van der Waals surface area contributed by atoms with Crippen LogP contribution < -0.4 is 4.74 Å². The van der Waals surface area contributed by atoms with E-state index in [0.717, 1.165) is 16.5 Å². The number of hydrogen-bond donors (Lipinski definition) is 2. The molecule has 0 unspecified atom stereocenters. The number of aryl methyl sites for hydroxylation is 1. The summed E-state index contributed by atoms with van der Waals surface area (Å²) in [6.45, 7) is 0.284. The van der Waals surface area contributed by atoms with E-state index in [2.05, 4.69) is 0 Å². The maximum atomic E-state index is 10.00. The molecule has 0 amide bonds. The number of rotatable bonds is 3. The van der Waals surface area contributed by atoms with Crippen molar-refractivity contribution in [2.24, 2.45) is 7.05 Å². The minimum atomic E-state index is 0.108. The van der Waals surface area contributed by atoms with Crippen LogP contribution in [0.15, 0.2) is 48.7 Å². The van der Waals surface area contributed by atoms with Crippen molar-refractivity contribution in [1.82, 2.24) is 4.57 Å². The predicted molar refractivity (Wildman–Crippen MR) is 77.0 cm³/mol. The summed E-state index contributed by atoms with van der Waals surface area (Å²) in [6, 6.07) is 12.2. The molecule has 1 heterocycles. The minimum absolute atomic E-state index is 0.108. The number of para-hydroxylation sites is 2. The third-order valence-corrected chi connectivity index (χ3v) is 3.32. The molecular weight excluding hydrogens is 254 g/mol. The molecule has 0 aliphatic rings. The third-order valence-electron chi connectivity index (χ3n) is 3.32. The molecule has 1 aromatic heterocycles. The van der Waals surface area contributed by atoms with E-state index in [4.69, 9.17) is 4.74 Å². The van der Waals surface area contributed by atoms with Crippen molar-refractivity contribution in [1.29, 1.82) is 0 Å². The number of phenols is 2. The summed E-state index contributed by atoms with van der Waals surface area (Å²) in [6.07, 6.45) is 1.92. The van der Waals surface area contributed by atoms with Crippen LogP contribution in [0.1, 0.15) is 5.56 Å². The first-order valence-electron chi connectivity index (χ1n) is 6.33. The van der Waals surface area contributed by atoms with Gasteiger partial charge in [-0.2, -0.15) is 0 Å². The van der Waals surface area contributed by atoms with Gasteiger partial charge in [-0.15, -0.1) is 0 Å². The van der Waals surface area contributed by atoms with Gasteiger partial charge >= 0.3 is 0 Å². The lowest BCUT2D eigenvalue weighted by atomic mass is 10.1. The number of benzene rings is 2. The van der Waals surface area contributed by atoms with Gasteiger partial charge in [0.2, 0.25) is 0 Å². The molecule has 0 aliphatic heterocycles. The van der Waals surface area contributed by atoms with Crippen LogP contribution in [-0.2, 0) is 13.7 Å². The first-order chi connectivity index (χ1) is 9.66.